The molecule has 0 bridgehead atoms. The molecule has 1 fully saturated rings. The molecule has 1 aliphatic rings. The number of pyridine rings is 1. The Morgan fingerprint density at radius 3 is 2.81 bits per heavy atom. The molecule has 1 amide bonds. The second kappa shape index (κ2) is 11.6. The van der Waals surface area contributed by atoms with Gasteiger partial charge in [0.1, 0.15) is 33.0 Å². The molecule has 4 N–H and O–H groups in total. The standard InChI is InChI=1S/C29H28B2FN7O3/c1-42-24-4-2-3-20(32)26(24)27-36-10-8-22(37-27)28(40)38-21-6-5-16(19-14-35-9-7-17(19)13-33)11-23(21)39-15-18(34)12-25(39)29(30,31)41/h2-11,14,18,25,41H,12,15,30-31,34H2,1H3,(H,38,40)/t18-,25-/m0/s1. The van der Waals surface area contributed by atoms with E-state index in [1.165, 1.54) is 31.5 Å². The number of carbonyl (C=O) groups excluding carboxylic acids is 1. The molecular formula is C29H28B2FN7O3. The first-order valence-electron chi connectivity index (χ1n) is 13.3. The minimum absolute atomic E-state index is 0.00129. The predicted molar refractivity (Wildman–Crippen MR) is 162 cm³/mol. The van der Waals surface area contributed by atoms with Crippen molar-refractivity contribution in [2.45, 2.75) is 23.9 Å². The minimum atomic E-state index is -1.10. The number of nitrogens with one attached hydrogen (secondary N) is 1. The average molecular weight is 563 g/mol. The Hall–Kier alpha value is -4.79. The number of hydrogen-bond donors (Lipinski definition) is 3. The van der Waals surface area contributed by atoms with Gasteiger partial charge in [-0.2, -0.15) is 5.26 Å². The number of nitriles is 1. The highest BCUT2D eigenvalue weighted by atomic mass is 19.1. The zero-order valence-corrected chi connectivity index (χ0v) is 23.4. The fourth-order valence-electron chi connectivity index (χ4n) is 5.25. The van der Waals surface area contributed by atoms with Crippen molar-refractivity contribution in [1.29, 1.82) is 5.26 Å². The van der Waals surface area contributed by atoms with Crippen LogP contribution < -0.4 is 20.7 Å². The number of aromatic nitrogens is 3. The van der Waals surface area contributed by atoms with Gasteiger partial charge >= 0.3 is 0 Å². The van der Waals surface area contributed by atoms with Crippen LogP contribution in [0.25, 0.3) is 22.5 Å². The number of methoxy groups -OCH3 is 1. The van der Waals surface area contributed by atoms with Crippen LogP contribution in [0.3, 0.4) is 0 Å². The van der Waals surface area contributed by atoms with Crippen molar-refractivity contribution in [2.24, 2.45) is 5.73 Å². The Morgan fingerprint density at radius 2 is 2.07 bits per heavy atom. The van der Waals surface area contributed by atoms with E-state index in [2.05, 4.69) is 26.3 Å². The van der Waals surface area contributed by atoms with Crippen molar-refractivity contribution >= 4 is 33.0 Å². The maximum Gasteiger partial charge on any atom is 0.274 e. The number of nitrogens with two attached hydrogens (primary N) is 1. The summed E-state index contributed by atoms with van der Waals surface area (Å²) in [5.41, 5.74) is 9.23. The summed E-state index contributed by atoms with van der Waals surface area (Å²) in [7, 11) is 4.86. The maximum absolute atomic E-state index is 14.7. The molecule has 0 saturated carbocycles. The molecule has 4 aromatic rings. The molecule has 0 spiro atoms. The molecular weight excluding hydrogens is 535 g/mol. The van der Waals surface area contributed by atoms with Crippen LogP contribution in [0, 0.1) is 17.1 Å². The van der Waals surface area contributed by atoms with E-state index < -0.39 is 17.1 Å². The van der Waals surface area contributed by atoms with E-state index in [1.807, 2.05) is 11.0 Å². The molecule has 5 rings (SSSR count). The van der Waals surface area contributed by atoms with Gasteiger partial charge in [0.15, 0.2) is 5.82 Å². The number of ether oxygens (including phenoxy) is 1. The quantitative estimate of drug-likeness (QED) is 0.283. The second-order valence-corrected chi connectivity index (χ2v) is 10.6. The summed E-state index contributed by atoms with van der Waals surface area (Å²) in [6.07, 6.45) is 5.08. The Kier molecular flexibility index (Phi) is 7.93. The average Bonchev–Trinajstić information content (AvgIpc) is 3.39. The summed E-state index contributed by atoms with van der Waals surface area (Å²) < 4.78 is 20.0. The van der Waals surface area contributed by atoms with Gasteiger partial charge in [0.25, 0.3) is 5.91 Å². The Morgan fingerprint density at radius 1 is 1.26 bits per heavy atom. The molecule has 2 aromatic heterocycles. The number of hydrogen-bond acceptors (Lipinski definition) is 9. The lowest BCUT2D eigenvalue weighted by molar-refractivity contribution is 0.102. The number of carbonyl (C=O) groups is 1. The highest BCUT2D eigenvalue weighted by Gasteiger charge is 2.40. The van der Waals surface area contributed by atoms with E-state index >= 15 is 0 Å². The molecule has 1 saturated heterocycles. The van der Waals surface area contributed by atoms with Gasteiger partial charge in [-0.05, 0) is 48.4 Å². The largest absolute Gasteiger partial charge is 0.496 e. The second-order valence-electron chi connectivity index (χ2n) is 10.6. The minimum Gasteiger partial charge on any atom is -0.496 e. The summed E-state index contributed by atoms with van der Waals surface area (Å²) in [4.78, 5) is 28.2. The van der Waals surface area contributed by atoms with Crippen LogP contribution in [-0.4, -0.2) is 72.8 Å². The number of rotatable bonds is 7. The topological polar surface area (TPSA) is 150 Å². The third kappa shape index (κ3) is 5.68. The van der Waals surface area contributed by atoms with Crippen LogP contribution in [0.1, 0.15) is 22.5 Å². The zero-order chi connectivity index (χ0) is 30.0. The number of amides is 1. The molecule has 3 heterocycles. The van der Waals surface area contributed by atoms with Gasteiger partial charge in [-0.15, -0.1) is 0 Å². The Balaban J connectivity index is 1.56. The number of halogens is 1. The van der Waals surface area contributed by atoms with E-state index in [4.69, 9.17) is 10.5 Å². The van der Waals surface area contributed by atoms with Crippen LogP contribution in [-0.2, 0) is 0 Å². The lowest BCUT2D eigenvalue weighted by Crippen LogP contribution is -2.51. The fraction of sp³-hybridized carbons (Fsp3) is 0.207. The van der Waals surface area contributed by atoms with Crippen molar-refractivity contribution in [3.05, 3.63) is 84.2 Å². The summed E-state index contributed by atoms with van der Waals surface area (Å²) in [6.45, 7) is 0.434. The van der Waals surface area contributed by atoms with Crippen molar-refractivity contribution in [3.63, 3.8) is 0 Å². The zero-order valence-electron chi connectivity index (χ0n) is 23.4. The first kappa shape index (κ1) is 28.7. The van der Waals surface area contributed by atoms with Crippen LogP contribution in [0.4, 0.5) is 15.8 Å². The maximum atomic E-state index is 14.7. The van der Waals surface area contributed by atoms with Crippen molar-refractivity contribution in [1.82, 2.24) is 15.0 Å². The lowest BCUT2D eigenvalue weighted by atomic mass is 9.60. The lowest BCUT2D eigenvalue weighted by Gasteiger charge is -2.36. The number of nitrogens with zero attached hydrogens (tertiary/aromatic N) is 5. The van der Waals surface area contributed by atoms with E-state index in [9.17, 15) is 19.6 Å². The summed E-state index contributed by atoms with van der Waals surface area (Å²) >= 11 is 0. The van der Waals surface area contributed by atoms with E-state index in [-0.39, 0.29) is 34.9 Å². The smallest absolute Gasteiger partial charge is 0.274 e. The summed E-state index contributed by atoms with van der Waals surface area (Å²) in [6, 6.07) is 14.4. The first-order valence-corrected chi connectivity index (χ1v) is 13.3. The van der Waals surface area contributed by atoms with Gasteiger partial charge < -0.3 is 25.8 Å². The first-order chi connectivity index (χ1) is 20.1. The van der Waals surface area contributed by atoms with Crippen LogP contribution >= 0.6 is 0 Å². The van der Waals surface area contributed by atoms with Gasteiger partial charge in [-0.1, -0.05) is 12.1 Å². The molecule has 210 valence electrons. The number of benzene rings is 2. The van der Waals surface area contributed by atoms with Crippen molar-refractivity contribution in [3.8, 4) is 34.3 Å². The van der Waals surface area contributed by atoms with Gasteiger partial charge in [0.05, 0.1) is 35.7 Å². The van der Waals surface area contributed by atoms with E-state index in [0.29, 0.717) is 41.0 Å². The molecule has 13 heteroatoms. The number of aliphatic hydroxyl groups is 1. The monoisotopic (exact) mass is 563 g/mol. The Bertz CT molecular complexity index is 1690. The van der Waals surface area contributed by atoms with Crippen molar-refractivity contribution < 1.29 is 19.0 Å². The van der Waals surface area contributed by atoms with E-state index in [0.717, 1.165) is 0 Å². The van der Waals surface area contributed by atoms with Gasteiger partial charge in [0.2, 0.25) is 0 Å². The highest BCUT2D eigenvalue weighted by molar-refractivity contribution is 6.39. The van der Waals surface area contributed by atoms with Crippen molar-refractivity contribution in [2.75, 3.05) is 23.9 Å². The molecule has 0 aliphatic carbocycles. The molecule has 0 unspecified atom stereocenters. The summed E-state index contributed by atoms with van der Waals surface area (Å²) in [5.74, 6) is -0.896. The molecule has 0 radical (unpaired) electrons. The van der Waals surface area contributed by atoms with Gasteiger partial charge in [0, 0.05) is 48.2 Å². The number of anilines is 2. The van der Waals surface area contributed by atoms with E-state index in [1.54, 1.807) is 52.4 Å². The fourth-order valence-corrected chi connectivity index (χ4v) is 5.25. The molecule has 10 nitrogen and oxygen atoms in total. The van der Waals surface area contributed by atoms with Gasteiger partial charge in [-0.3, -0.25) is 9.78 Å². The predicted octanol–water partition coefficient (Wildman–Crippen LogP) is 1.30. The normalized spacial score (nSPS) is 16.6. The van der Waals surface area contributed by atoms with Crippen LogP contribution in [0.15, 0.2) is 67.1 Å². The molecule has 2 aromatic carbocycles. The Labute approximate surface area is 244 Å². The highest BCUT2D eigenvalue weighted by Crippen LogP contribution is 2.38. The summed E-state index contributed by atoms with van der Waals surface area (Å²) in [5, 5.41) is 22.5. The van der Waals surface area contributed by atoms with Crippen LogP contribution in [0.5, 0.6) is 5.75 Å². The van der Waals surface area contributed by atoms with Crippen LogP contribution in [0.2, 0.25) is 0 Å². The molecule has 1 aliphatic heterocycles. The third-order valence-electron chi connectivity index (χ3n) is 7.26. The third-order valence-corrected chi connectivity index (χ3v) is 7.26. The van der Waals surface area contributed by atoms with Gasteiger partial charge in [-0.25, -0.2) is 14.4 Å². The molecule has 2 atom stereocenters. The SMILES string of the molecule is BC(B)(O)[C@@H]1C[C@H](N)CN1c1cc(-c2cnccc2C#N)ccc1NC(=O)c1ccnc(-c2c(F)cccc2OC)n1. The molecule has 42 heavy (non-hydrogen) atoms.